The van der Waals surface area contributed by atoms with Gasteiger partial charge < -0.3 is 20.7 Å². The average Bonchev–Trinajstić information content (AvgIpc) is 2.79. The van der Waals surface area contributed by atoms with Crippen molar-refractivity contribution in [2.24, 2.45) is 0 Å². The van der Waals surface area contributed by atoms with Gasteiger partial charge in [-0.05, 0) is 24.7 Å². The lowest BCUT2D eigenvalue weighted by atomic mass is 10.2. The molecular formula is C15H19N3O2S. The highest BCUT2D eigenvalue weighted by Gasteiger charge is 2.25. The lowest BCUT2D eigenvalue weighted by Gasteiger charge is -2.16. The predicted octanol–water partition coefficient (Wildman–Crippen LogP) is 2.04. The molecule has 6 heteroatoms. The van der Waals surface area contributed by atoms with E-state index in [1.165, 1.54) is 11.3 Å². The molecule has 0 radical (unpaired) electrons. The lowest BCUT2D eigenvalue weighted by Crippen LogP contribution is -2.44. The first kappa shape index (κ1) is 14.2. The molecule has 1 atom stereocenters. The van der Waals surface area contributed by atoms with E-state index in [1.54, 1.807) is 7.11 Å². The fourth-order valence-corrected chi connectivity index (χ4v) is 3.57. The van der Waals surface area contributed by atoms with Gasteiger partial charge in [0.25, 0.3) is 5.91 Å². The molecule has 0 bridgehead atoms. The third-order valence-electron chi connectivity index (χ3n) is 3.60. The van der Waals surface area contributed by atoms with Crippen LogP contribution >= 0.6 is 11.3 Å². The van der Waals surface area contributed by atoms with Crippen LogP contribution in [0.3, 0.4) is 0 Å². The molecule has 1 aliphatic rings. The van der Waals surface area contributed by atoms with Crippen molar-refractivity contribution in [3.8, 4) is 5.75 Å². The van der Waals surface area contributed by atoms with Crippen molar-refractivity contribution in [2.45, 2.75) is 13.0 Å². The minimum atomic E-state index is -0.00179. The Hall–Kier alpha value is -1.79. The largest absolute Gasteiger partial charge is 0.497 e. The number of anilines is 1. The Morgan fingerprint density at radius 1 is 1.48 bits per heavy atom. The van der Waals surface area contributed by atoms with E-state index in [4.69, 9.17) is 4.74 Å². The third kappa shape index (κ3) is 2.69. The van der Waals surface area contributed by atoms with Gasteiger partial charge in [-0.15, -0.1) is 11.3 Å². The van der Waals surface area contributed by atoms with Crippen LogP contribution in [0.1, 0.15) is 16.6 Å². The monoisotopic (exact) mass is 305 g/mol. The molecule has 2 aromatic rings. The molecule has 0 saturated carbocycles. The van der Waals surface area contributed by atoms with Crippen LogP contribution in [0, 0.1) is 0 Å². The Balaban J connectivity index is 1.94. The molecule has 3 rings (SSSR count). The van der Waals surface area contributed by atoms with Gasteiger partial charge in [0.2, 0.25) is 0 Å². The molecule has 21 heavy (non-hydrogen) atoms. The number of thiophene rings is 1. The molecule has 0 saturated heterocycles. The summed E-state index contributed by atoms with van der Waals surface area (Å²) < 4.78 is 6.37. The van der Waals surface area contributed by atoms with E-state index in [0.29, 0.717) is 0 Å². The van der Waals surface area contributed by atoms with E-state index < -0.39 is 0 Å². The van der Waals surface area contributed by atoms with E-state index in [9.17, 15) is 4.79 Å². The second-order valence-electron chi connectivity index (χ2n) is 5.03. The fraction of sp³-hybridized carbons (Fsp3) is 0.400. The number of hydrogen-bond donors (Lipinski definition) is 3. The van der Waals surface area contributed by atoms with Gasteiger partial charge >= 0.3 is 0 Å². The molecule has 0 fully saturated rings. The van der Waals surface area contributed by atoms with Gasteiger partial charge in [-0.1, -0.05) is 6.92 Å². The van der Waals surface area contributed by atoms with Gasteiger partial charge in [0.1, 0.15) is 10.6 Å². The minimum absolute atomic E-state index is 0.00179. The van der Waals surface area contributed by atoms with Crippen LogP contribution in [-0.4, -0.2) is 38.7 Å². The second-order valence-corrected chi connectivity index (χ2v) is 6.08. The van der Waals surface area contributed by atoms with Crippen molar-refractivity contribution in [3.05, 3.63) is 23.1 Å². The number of amides is 1. The number of rotatable bonds is 4. The Morgan fingerprint density at radius 3 is 3.10 bits per heavy atom. The van der Waals surface area contributed by atoms with Gasteiger partial charge in [-0.3, -0.25) is 4.79 Å². The van der Waals surface area contributed by atoms with Crippen LogP contribution in [0.4, 0.5) is 5.69 Å². The summed E-state index contributed by atoms with van der Waals surface area (Å²) in [5.41, 5.74) is 0.922. The van der Waals surface area contributed by atoms with E-state index in [0.717, 1.165) is 46.0 Å². The number of fused-ring (bicyclic) bond motifs is 3. The second kappa shape index (κ2) is 5.91. The maximum Gasteiger partial charge on any atom is 0.263 e. The normalized spacial score (nSPS) is 17.8. The molecule has 5 nitrogen and oxygen atoms in total. The van der Waals surface area contributed by atoms with E-state index in [1.807, 2.05) is 18.2 Å². The van der Waals surface area contributed by atoms with Crippen molar-refractivity contribution in [3.63, 3.8) is 0 Å². The summed E-state index contributed by atoms with van der Waals surface area (Å²) in [5, 5.41) is 10.8. The highest BCUT2D eigenvalue weighted by atomic mass is 32.1. The zero-order chi connectivity index (χ0) is 14.8. The van der Waals surface area contributed by atoms with Crippen molar-refractivity contribution < 1.29 is 9.53 Å². The van der Waals surface area contributed by atoms with Crippen molar-refractivity contribution in [2.75, 3.05) is 32.1 Å². The highest BCUT2D eigenvalue weighted by Crippen LogP contribution is 2.38. The van der Waals surface area contributed by atoms with Gasteiger partial charge in [-0.2, -0.15) is 0 Å². The quantitative estimate of drug-likeness (QED) is 0.809. The number of carbonyl (C=O) groups is 1. The third-order valence-corrected chi connectivity index (χ3v) is 4.77. The zero-order valence-corrected chi connectivity index (χ0v) is 13.0. The van der Waals surface area contributed by atoms with Crippen LogP contribution in [0.5, 0.6) is 5.75 Å². The van der Waals surface area contributed by atoms with E-state index in [-0.39, 0.29) is 11.9 Å². The van der Waals surface area contributed by atoms with Gasteiger partial charge in [0.05, 0.1) is 18.8 Å². The zero-order valence-electron chi connectivity index (χ0n) is 12.2. The molecular weight excluding hydrogens is 286 g/mol. The Kier molecular flexibility index (Phi) is 3.98. The maximum atomic E-state index is 12.4. The van der Waals surface area contributed by atoms with Crippen LogP contribution in [0.25, 0.3) is 10.1 Å². The number of ether oxygens (including phenoxy) is 1. The van der Waals surface area contributed by atoms with Gasteiger partial charge in [-0.25, -0.2) is 0 Å². The maximum absolute atomic E-state index is 12.4. The first-order valence-electron chi connectivity index (χ1n) is 7.09. The number of likely N-dealkylation sites (N-methyl/N-ethyl adjacent to an activating group) is 1. The van der Waals surface area contributed by atoms with Crippen molar-refractivity contribution >= 4 is 33.0 Å². The van der Waals surface area contributed by atoms with E-state index >= 15 is 0 Å². The summed E-state index contributed by atoms with van der Waals surface area (Å²) >= 11 is 1.52. The topological polar surface area (TPSA) is 62.4 Å². The molecule has 112 valence electrons. The van der Waals surface area contributed by atoms with Gasteiger partial charge in [0.15, 0.2) is 0 Å². The van der Waals surface area contributed by atoms with E-state index in [2.05, 4.69) is 22.9 Å². The smallest absolute Gasteiger partial charge is 0.263 e. The van der Waals surface area contributed by atoms with Crippen LogP contribution in [0.15, 0.2) is 18.2 Å². The van der Waals surface area contributed by atoms with Crippen LogP contribution in [0.2, 0.25) is 0 Å². The lowest BCUT2D eigenvalue weighted by molar-refractivity contribution is 0.0946. The SMILES string of the molecule is CCNC[C@@H]1CNc2c(sc3ccc(OC)cc23)C(=O)N1. The molecule has 0 unspecified atom stereocenters. The number of nitrogens with one attached hydrogen (secondary N) is 3. The molecule has 0 aliphatic carbocycles. The molecule has 1 aromatic carbocycles. The molecule has 1 amide bonds. The number of carbonyl (C=O) groups excluding carboxylic acids is 1. The summed E-state index contributed by atoms with van der Waals surface area (Å²) in [5.74, 6) is 0.803. The molecule has 2 heterocycles. The summed E-state index contributed by atoms with van der Waals surface area (Å²) in [4.78, 5) is 13.2. The number of hydrogen-bond acceptors (Lipinski definition) is 5. The Labute approximate surface area is 127 Å². The van der Waals surface area contributed by atoms with Gasteiger partial charge in [0, 0.05) is 23.2 Å². The number of methoxy groups -OCH3 is 1. The summed E-state index contributed by atoms with van der Waals surface area (Å²) in [6.45, 7) is 4.44. The van der Waals surface area contributed by atoms with Crippen molar-refractivity contribution in [1.29, 1.82) is 0 Å². The summed E-state index contributed by atoms with van der Waals surface area (Å²) in [7, 11) is 1.65. The minimum Gasteiger partial charge on any atom is -0.497 e. The standard InChI is InChI=1S/C15H19N3O2S/c1-3-16-7-9-8-17-13-11-6-10(20-2)4-5-12(11)21-14(13)15(19)18-9/h4-6,9,16-17H,3,7-8H2,1-2H3,(H,18,19)/t9-/m1/s1. The highest BCUT2D eigenvalue weighted by molar-refractivity contribution is 7.21. The number of benzene rings is 1. The first-order chi connectivity index (χ1) is 10.2. The Bertz CT molecular complexity index is 668. The van der Waals surface area contributed by atoms with Crippen LogP contribution < -0.4 is 20.7 Å². The average molecular weight is 305 g/mol. The molecule has 3 N–H and O–H groups in total. The molecule has 1 aromatic heterocycles. The van der Waals surface area contributed by atoms with Crippen LogP contribution in [-0.2, 0) is 0 Å². The fourth-order valence-electron chi connectivity index (χ4n) is 2.51. The first-order valence-corrected chi connectivity index (χ1v) is 7.90. The predicted molar refractivity (Wildman–Crippen MR) is 86.7 cm³/mol. The summed E-state index contributed by atoms with van der Waals surface area (Å²) in [6.07, 6.45) is 0. The molecule has 1 aliphatic heterocycles. The molecule has 0 spiro atoms. The van der Waals surface area contributed by atoms with Crippen molar-refractivity contribution in [1.82, 2.24) is 10.6 Å². The Morgan fingerprint density at radius 2 is 2.33 bits per heavy atom. The summed E-state index contributed by atoms with van der Waals surface area (Å²) in [6, 6.07) is 6.00.